The Morgan fingerprint density at radius 2 is 1.63 bits per heavy atom. The molecule has 0 radical (unpaired) electrons. The van der Waals surface area contributed by atoms with Gasteiger partial charge in [-0.15, -0.1) is 11.8 Å². The van der Waals surface area contributed by atoms with Crippen LogP contribution in [0, 0.1) is 0 Å². The summed E-state index contributed by atoms with van der Waals surface area (Å²) in [6, 6.07) is 24.7. The Balaban J connectivity index is 1.67. The van der Waals surface area contributed by atoms with E-state index < -0.39 is 0 Å². The minimum atomic E-state index is -0.302. The van der Waals surface area contributed by atoms with Gasteiger partial charge < -0.3 is 10.2 Å². The van der Waals surface area contributed by atoms with E-state index in [1.54, 1.807) is 47.0 Å². The van der Waals surface area contributed by atoms with Crippen molar-refractivity contribution in [3.05, 3.63) is 101 Å². The molecular weight excluding hydrogens is 392 g/mol. The zero-order valence-electron chi connectivity index (χ0n) is 16.7. The molecule has 3 aromatic rings. The number of carbonyl (C=O) groups excluding carboxylic acids is 2. The van der Waals surface area contributed by atoms with Gasteiger partial charge in [-0.05, 0) is 60.2 Å². The molecule has 0 aromatic heterocycles. The number of hydrogen-bond acceptors (Lipinski definition) is 3. The largest absolute Gasteiger partial charge is 0.317 e. The smallest absolute Gasteiger partial charge is 0.274 e. The first-order valence-corrected chi connectivity index (χ1v) is 11.0. The highest BCUT2D eigenvalue weighted by Crippen LogP contribution is 2.29. The first-order valence-electron chi connectivity index (χ1n) is 9.77. The van der Waals surface area contributed by atoms with Gasteiger partial charge in [-0.1, -0.05) is 48.5 Å². The molecule has 0 saturated carbocycles. The van der Waals surface area contributed by atoms with Crippen LogP contribution < -0.4 is 10.2 Å². The van der Waals surface area contributed by atoms with Crippen LogP contribution in [0.1, 0.15) is 21.5 Å². The van der Waals surface area contributed by atoms with Gasteiger partial charge >= 0.3 is 0 Å². The lowest BCUT2D eigenvalue weighted by molar-refractivity contribution is -0.115. The standard InChI is InChI=1S/C25H22N2O2S/c1-30-21-13-11-18(12-14-21)17-22(26-24(28)20-8-3-2-4-9-20)25(29)27-16-15-19-7-5-6-10-23(19)27/h2-14,17H,15-16H2,1H3,(H,26,28). The predicted molar refractivity (Wildman–Crippen MR) is 123 cm³/mol. The fourth-order valence-electron chi connectivity index (χ4n) is 3.50. The van der Waals surface area contributed by atoms with Gasteiger partial charge in [-0.3, -0.25) is 9.59 Å². The second kappa shape index (κ2) is 9.01. The van der Waals surface area contributed by atoms with Gasteiger partial charge in [0.25, 0.3) is 11.8 Å². The molecule has 1 aliphatic heterocycles. The van der Waals surface area contributed by atoms with Crippen LogP contribution >= 0.6 is 11.8 Å². The number of thioether (sulfide) groups is 1. The summed E-state index contributed by atoms with van der Waals surface area (Å²) >= 11 is 1.66. The summed E-state index contributed by atoms with van der Waals surface area (Å²) in [4.78, 5) is 29.1. The van der Waals surface area contributed by atoms with Crippen molar-refractivity contribution in [2.75, 3.05) is 17.7 Å². The number of amides is 2. The maximum Gasteiger partial charge on any atom is 0.274 e. The molecule has 30 heavy (non-hydrogen) atoms. The molecule has 0 aliphatic carbocycles. The normalized spacial score (nSPS) is 13.1. The third-order valence-corrected chi connectivity index (χ3v) is 5.82. The third kappa shape index (κ3) is 4.31. The third-order valence-electron chi connectivity index (χ3n) is 5.07. The lowest BCUT2D eigenvalue weighted by Crippen LogP contribution is -2.37. The highest BCUT2D eigenvalue weighted by molar-refractivity contribution is 7.98. The molecule has 1 aliphatic rings. The van der Waals surface area contributed by atoms with Gasteiger partial charge in [0.1, 0.15) is 5.70 Å². The molecule has 4 rings (SSSR count). The molecule has 150 valence electrons. The number of hydrogen-bond donors (Lipinski definition) is 1. The highest BCUT2D eigenvalue weighted by atomic mass is 32.2. The van der Waals surface area contributed by atoms with Crippen molar-refractivity contribution in [1.82, 2.24) is 5.32 Å². The van der Waals surface area contributed by atoms with Crippen molar-refractivity contribution in [2.45, 2.75) is 11.3 Å². The van der Waals surface area contributed by atoms with Crippen LogP contribution in [0.15, 0.2) is 89.5 Å². The Bertz CT molecular complexity index is 1090. The van der Waals surface area contributed by atoms with E-state index in [-0.39, 0.29) is 17.5 Å². The number of fused-ring (bicyclic) bond motifs is 1. The lowest BCUT2D eigenvalue weighted by Gasteiger charge is -2.20. The second-order valence-corrected chi connectivity index (χ2v) is 7.87. The predicted octanol–water partition coefficient (Wildman–Crippen LogP) is 4.77. The average Bonchev–Trinajstić information content (AvgIpc) is 3.23. The maximum atomic E-state index is 13.4. The van der Waals surface area contributed by atoms with Crippen LogP contribution in [-0.2, 0) is 11.2 Å². The van der Waals surface area contributed by atoms with Crippen LogP contribution in [-0.4, -0.2) is 24.6 Å². The van der Waals surface area contributed by atoms with Crippen molar-refractivity contribution in [2.24, 2.45) is 0 Å². The van der Waals surface area contributed by atoms with Gasteiger partial charge in [-0.25, -0.2) is 0 Å². The summed E-state index contributed by atoms with van der Waals surface area (Å²) in [6.07, 6.45) is 4.57. The molecule has 0 spiro atoms. The van der Waals surface area contributed by atoms with Crippen molar-refractivity contribution >= 4 is 35.3 Å². The lowest BCUT2D eigenvalue weighted by atomic mass is 10.1. The van der Waals surface area contributed by atoms with E-state index in [1.165, 1.54) is 0 Å². The monoisotopic (exact) mass is 414 g/mol. The van der Waals surface area contributed by atoms with E-state index in [0.717, 1.165) is 28.1 Å². The number of nitrogens with one attached hydrogen (secondary N) is 1. The SMILES string of the molecule is CSc1ccc(C=C(NC(=O)c2ccccc2)C(=O)N2CCc3ccccc32)cc1. The zero-order chi connectivity index (χ0) is 20.9. The van der Waals surface area contributed by atoms with Crippen molar-refractivity contribution in [3.63, 3.8) is 0 Å². The molecule has 1 heterocycles. The Morgan fingerprint density at radius 1 is 0.933 bits per heavy atom. The quantitative estimate of drug-likeness (QED) is 0.483. The fraction of sp³-hybridized carbons (Fsp3) is 0.120. The molecular formula is C25H22N2O2S. The molecule has 2 amide bonds. The Morgan fingerprint density at radius 3 is 2.37 bits per heavy atom. The van der Waals surface area contributed by atoms with E-state index >= 15 is 0 Å². The van der Waals surface area contributed by atoms with Gasteiger partial charge in [0.2, 0.25) is 0 Å². The van der Waals surface area contributed by atoms with E-state index in [4.69, 9.17) is 0 Å². The summed E-state index contributed by atoms with van der Waals surface area (Å²) in [5.41, 5.74) is 3.68. The van der Waals surface area contributed by atoms with Gasteiger partial charge in [-0.2, -0.15) is 0 Å². The molecule has 0 atom stereocenters. The number of rotatable bonds is 5. The second-order valence-electron chi connectivity index (χ2n) is 6.99. The number of carbonyl (C=O) groups is 2. The van der Waals surface area contributed by atoms with Crippen molar-refractivity contribution in [1.29, 1.82) is 0 Å². The van der Waals surface area contributed by atoms with Gasteiger partial charge in [0.15, 0.2) is 0 Å². The van der Waals surface area contributed by atoms with Crippen LogP contribution in [0.25, 0.3) is 6.08 Å². The summed E-state index contributed by atoms with van der Waals surface area (Å²) in [7, 11) is 0. The number of anilines is 1. The van der Waals surface area contributed by atoms with E-state index in [2.05, 4.69) is 5.32 Å². The molecule has 0 saturated heterocycles. The van der Waals surface area contributed by atoms with E-state index in [0.29, 0.717) is 12.1 Å². The highest BCUT2D eigenvalue weighted by Gasteiger charge is 2.27. The molecule has 0 fully saturated rings. The van der Waals surface area contributed by atoms with Crippen LogP contribution in [0.5, 0.6) is 0 Å². The minimum absolute atomic E-state index is 0.210. The molecule has 3 aromatic carbocycles. The van der Waals surface area contributed by atoms with Crippen molar-refractivity contribution in [3.8, 4) is 0 Å². The summed E-state index contributed by atoms with van der Waals surface area (Å²) < 4.78 is 0. The number of benzene rings is 3. The fourth-order valence-corrected chi connectivity index (χ4v) is 3.90. The molecule has 4 nitrogen and oxygen atoms in total. The molecule has 5 heteroatoms. The maximum absolute atomic E-state index is 13.4. The first-order chi connectivity index (χ1) is 14.7. The Hall–Kier alpha value is -3.31. The Labute approximate surface area is 180 Å². The number of para-hydroxylation sites is 1. The molecule has 0 bridgehead atoms. The minimum Gasteiger partial charge on any atom is -0.317 e. The summed E-state index contributed by atoms with van der Waals surface area (Å²) in [5.74, 6) is -0.512. The topological polar surface area (TPSA) is 49.4 Å². The average molecular weight is 415 g/mol. The Kier molecular flexibility index (Phi) is 6.00. The van der Waals surface area contributed by atoms with Crippen LogP contribution in [0.4, 0.5) is 5.69 Å². The molecule has 0 unspecified atom stereocenters. The molecule has 1 N–H and O–H groups in total. The van der Waals surface area contributed by atoms with Crippen molar-refractivity contribution < 1.29 is 9.59 Å². The first kappa shape index (κ1) is 20.0. The van der Waals surface area contributed by atoms with Crippen LogP contribution in [0.3, 0.4) is 0 Å². The number of nitrogens with zero attached hydrogens (tertiary/aromatic N) is 1. The van der Waals surface area contributed by atoms with E-state index in [9.17, 15) is 9.59 Å². The van der Waals surface area contributed by atoms with Gasteiger partial charge in [0.05, 0.1) is 0 Å². The summed E-state index contributed by atoms with van der Waals surface area (Å²) in [5, 5.41) is 2.84. The van der Waals surface area contributed by atoms with Gasteiger partial charge in [0, 0.05) is 22.7 Å². The zero-order valence-corrected chi connectivity index (χ0v) is 17.5. The van der Waals surface area contributed by atoms with Crippen LogP contribution in [0.2, 0.25) is 0 Å². The van der Waals surface area contributed by atoms with E-state index in [1.807, 2.05) is 60.9 Å². The summed E-state index contributed by atoms with van der Waals surface area (Å²) in [6.45, 7) is 0.599.